The topological polar surface area (TPSA) is 26.3 Å². The Kier molecular flexibility index (Phi) is 2.77. The third-order valence-electron chi connectivity index (χ3n) is 2.27. The van der Waals surface area contributed by atoms with E-state index in [-0.39, 0.29) is 5.66 Å². The van der Waals surface area contributed by atoms with Gasteiger partial charge in [-0.05, 0) is 12.3 Å². The quantitative estimate of drug-likeness (QED) is 0.574. The van der Waals surface area contributed by atoms with Crippen molar-refractivity contribution in [1.29, 1.82) is 0 Å². The second-order valence-corrected chi connectivity index (χ2v) is 6.84. The Morgan fingerprint density at radius 1 is 1.55 bits per heavy atom. The lowest BCUT2D eigenvalue weighted by molar-refractivity contribution is 0.254. The maximum Gasteiger partial charge on any atom is 0.205 e. The van der Waals surface area contributed by atoms with Crippen LogP contribution in [0.3, 0.4) is 0 Å². The molecule has 1 rings (SSSR count). The maximum absolute atomic E-state index is 11.9. The van der Waals surface area contributed by atoms with Crippen molar-refractivity contribution in [3.05, 3.63) is 0 Å². The van der Waals surface area contributed by atoms with E-state index in [1.54, 1.807) is 0 Å². The summed E-state index contributed by atoms with van der Waals surface area (Å²) in [6.07, 6.45) is 1.85. The Bertz CT molecular complexity index is 177. The molecule has 0 N–H and O–H groups in total. The number of hydrogen-bond donors (Lipinski definition) is 0. The van der Waals surface area contributed by atoms with Crippen LogP contribution in [0, 0.1) is 5.92 Å². The predicted octanol–water partition coefficient (Wildman–Crippen LogP) is 2.73. The molecule has 2 atom stereocenters. The average molecular weight is 176 g/mol. The van der Waals surface area contributed by atoms with E-state index in [1.165, 1.54) is 0 Å². The summed E-state index contributed by atoms with van der Waals surface area (Å²) in [6.45, 7) is 6.81. The molecule has 3 heteroatoms. The lowest BCUT2D eigenvalue weighted by atomic mass is 10.1. The van der Waals surface area contributed by atoms with E-state index in [9.17, 15) is 4.57 Å². The standard InChI is InChI=1S/C8H17O2P/c1-7(2)11(9)6-8(3)4-5-10-11/h7-8H,4-6H2,1-3H3. The van der Waals surface area contributed by atoms with Crippen molar-refractivity contribution in [1.82, 2.24) is 0 Å². The van der Waals surface area contributed by atoms with Crippen LogP contribution < -0.4 is 0 Å². The predicted molar refractivity (Wildman–Crippen MR) is 47.3 cm³/mol. The molecule has 66 valence electrons. The highest BCUT2D eigenvalue weighted by molar-refractivity contribution is 7.59. The molecule has 0 spiro atoms. The largest absolute Gasteiger partial charge is 0.328 e. The van der Waals surface area contributed by atoms with E-state index in [2.05, 4.69) is 6.92 Å². The van der Waals surface area contributed by atoms with Gasteiger partial charge < -0.3 is 4.52 Å². The summed E-state index contributed by atoms with van der Waals surface area (Å²) < 4.78 is 17.3. The summed E-state index contributed by atoms with van der Waals surface area (Å²) in [5, 5.41) is 0. The molecule has 1 aliphatic heterocycles. The first-order valence-electron chi connectivity index (χ1n) is 4.28. The van der Waals surface area contributed by atoms with Gasteiger partial charge in [0.25, 0.3) is 0 Å². The van der Waals surface area contributed by atoms with Gasteiger partial charge in [-0.15, -0.1) is 0 Å². The Morgan fingerprint density at radius 3 is 2.55 bits per heavy atom. The summed E-state index contributed by atoms with van der Waals surface area (Å²) in [4.78, 5) is 0. The Balaban J connectivity index is 2.63. The van der Waals surface area contributed by atoms with E-state index < -0.39 is 7.37 Å². The normalized spacial score (nSPS) is 39.5. The minimum absolute atomic E-state index is 0.199. The fourth-order valence-corrected chi connectivity index (χ4v) is 3.64. The molecule has 0 aromatic rings. The van der Waals surface area contributed by atoms with E-state index in [0.29, 0.717) is 12.5 Å². The van der Waals surface area contributed by atoms with Crippen molar-refractivity contribution in [3.8, 4) is 0 Å². The molecule has 11 heavy (non-hydrogen) atoms. The van der Waals surface area contributed by atoms with Crippen LogP contribution in [-0.2, 0) is 9.09 Å². The van der Waals surface area contributed by atoms with Crippen LogP contribution in [0.4, 0.5) is 0 Å². The minimum Gasteiger partial charge on any atom is -0.328 e. The zero-order chi connectivity index (χ0) is 8.48. The molecule has 0 bridgehead atoms. The van der Waals surface area contributed by atoms with Crippen molar-refractivity contribution in [2.75, 3.05) is 12.8 Å². The zero-order valence-corrected chi connectivity index (χ0v) is 8.43. The molecule has 1 fully saturated rings. The SMILES string of the molecule is CC1CCOP(=O)(C(C)C)C1. The van der Waals surface area contributed by atoms with Gasteiger partial charge in [-0.1, -0.05) is 20.8 Å². The first-order chi connectivity index (χ1) is 5.04. The Hall–Kier alpha value is 0.190. The minimum atomic E-state index is -2.24. The van der Waals surface area contributed by atoms with Gasteiger partial charge in [0.2, 0.25) is 7.37 Å². The van der Waals surface area contributed by atoms with Crippen LogP contribution in [0.15, 0.2) is 0 Å². The van der Waals surface area contributed by atoms with Gasteiger partial charge in [-0.3, -0.25) is 4.57 Å². The second-order valence-electron chi connectivity index (χ2n) is 3.73. The summed E-state index contributed by atoms with van der Waals surface area (Å²) in [6, 6.07) is 0. The molecule has 1 aliphatic rings. The smallest absolute Gasteiger partial charge is 0.205 e. The van der Waals surface area contributed by atoms with Gasteiger partial charge in [0.15, 0.2) is 0 Å². The highest BCUT2D eigenvalue weighted by Gasteiger charge is 2.32. The summed E-state index contributed by atoms with van der Waals surface area (Å²) >= 11 is 0. The molecule has 0 saturated carbocycles. The average Bonchev–Trinajstić information content (AvgIpc) is 1.86. The molecule has 0 aromatic heterocycles. The Labute approximate surface area is 68.8 Å². The van der Waals surface area contributed by atoms with Crippen molar-refractivity contribution < 1.29 is 9.09 Å². The highest BCUT2D eigenvalue weighted by Crippen LogP contribution is 2.55. The maximum atomic E-state index is 11.9. The van der Waals surface area contributed by atoms with Gasteiger partial charge >= 0.3 is 0 Å². The highest BCUT2D eigenvalue weighted by atomic mass is 31.2. The van der Waals surface area contributed by atoms with E-state index in [0.717, 1.165) is 12.6 Å². The summed E-state index contributed by atoms with van der Waals surface area (Å²) in [5.74, 6) is 0.581. The zero-order valence-electron chi connectivity index (χ0n) is 7.54. The van der Waals surface area contributed by atoms with Gasteiger partial charge in [0.05, 0.1) is 6.61 Å². The lowest BCUT2D eigenvalue weighted by Crippen LogP contribution is -2.18. The first-order valence-corrected chi connectivity index (χ1v) is 6.16. The van der Waals surface area contributed by atoms with Crippen LogP contribution in [0.25, 0.3) is 0 Å². The molecule has 0 radical (unpaired) electrons. The van der Waals surface area contributed by atoms with Crippen molar-refractivity contribution in [2.24, 2.45) is 5.92 Å². The van der Waals surface area contributed by atoms with Crippen molar-refractivity contribution in [2.45, 2.75) is 32.9 Å². The second kappa shape index (κ2) is 3.28. The van der Waals surface area contributed by atoms with Crippen LogP contribution in [0.2, 0.25) is 0 Å². The van der Waals surface area contributed by atoms with Crippen LogP contribution >= 0.6 is 7.37 Å². The van der Waals surface area contributed by atoms with E-state index >= 15 is 0 Å². The van der Waals surface area contributed by atoms with Crippen molar-refractivity contribution in [3.63, 3.8) is 0 Å². The van der Waals surface area contributed by atoms with E-state index in [1.807, 2.05) is 13.8 Å². The molecular formula is C8H17O2P. The molecule has 2 nitrogen and oxygen atoms in total. The third kappa shape index (κ3) is 2.07. The fraction of sp³-hybridized carbons (Fsp3) is 1.00. The first kappa shape index (κ1) is 9.28. The summed E-state index contributed by atoms with van der Waals surface area (Å²) in [5.41, 5.74) is 0.199. The summed E-state index contributed by atoms with van der Waals surface area (Å²) in [7, 11) is -2.24. The third-order valence-corrected chi connectivity index (χ3v) is 5.60. The van der Waals surface area contributed by atoms with Crippen LogP contribution in [0.1, 0.15) is 27.2 Å². The lowest BCUT2D eigenvalue weighted by Gasteiger charge is -2.29. The molecular weight excluding hydrogens is 159 g/mol. The number of hydrogen-bond acceptors (Lipinski definition) is 2. The van der Waals surface area contributed by atoms with Gasteiger partial charge in [0, 0.05) is 11.8 Å². The molecule has 2 unspecified atom stereocenters. The van der Waals surface area contributed by atoms with Crippen LogP contribution in [-0.4, -0.2) is 18.4 Å². The van der Waals surface area contributed by atoms with Gasteiger partial charge in [0.1, 0.15) is 0 Å². The van der Waals surface area contributed by atoms with Gasteiger partial charge in [-0.25, -0.2) is 0 Å². The fourth-order valence-electron chi connectivity index (χ4n) is 1.35. The molecule has 1 saturated heterocycles. The number of rotatable bonds is 1. The monoisotopic (exact) mass is 176 g/mol. The van der Waals surface area contributed by atoms with E-state index in [4.69, 9.17) is 4.52 Å². The molecule has 0 aliphatic carbocycles. The van der Waals surface area contributed by atoms with Gasteiger partial charge in [-0.2, -0.15) is 0 Å². The van der Waals surface area contributed by atoms with Crippen molar-refractivity contribution >= 4 is 7.37 Å². The Morgan fingerprint density at radius 2 is 2.18 bits per heavy atom. The molecule has 0 aromatic carbocycles. The molecule has 1 heterocycles. The molecule has 0 amide bonds. The van der Waals surface area contributed by atoms with Crippen LogP contribution in [0.5, 0.6) is 0 Å².